The number of aliphatic imine (C=N–C) groups is 1. The molecule has 0 aliphatic heterocycles. The molecule has 0 unspecified atom stereocenters. The Morgan fingerprint density at radius 1 is 0.968 bits per heavy atom. The summed E-state index contributed by atoms with van der Waals surface area (Å²) in [6, 6.07) is 14.0. The maximum absolute atomic E-state index is 12.9. The van der Waals surface area contributed by atoms with Crippen LogP contribution in [0.2, 0.25) is 0 Å². The fourth-order valence-corrected chi connectivity index (χ4v) is 3.82. The third kappa shape index (κ3) is 5.95. The lowest BCUT2D eigenvalue weighted by molar-refractivity contribution is -0.119. The summed E-state index contributed by atoms with van der Waals surface area (Å²) in [4.78, 5) is 41.0. The van der Waals surface area contributed by atoms with Crippen molar-refractivity contribution in [3.8, 4) is 0 Å². The number of ether oxygens (including phenoxy) is 1. The standard InChI is InChI=1S/C23H25N3O4S/c1-30-23(29)26-22(31-2)25-19-14-17(20(27)15-8-4-3-5-9-15)12-13-18(19)24-21(28)16-10-6-7-11-16/h3-5,8-9,12-14,16H,6-7,10-11H2,1-2H3,(H,24,28)(H,25,26,29). The summed E-state index contributed by atoms with van der Waals surface area (Å²) in [6.45, 7) is 0. The number of methoxy groups -OCH3 is 1. The molecule has 0 saturated heterocycles. The Hall–Kier alpha value is -3.13. The summed E-state index contributed by atoms with van der Waals surface area (Å²) in [5, 5.41) is 6.30. The Balaban J connectivity index is 1.93. The summed E-state index contributed by atoms with van der Waals surface area (Å²) < 4.78 is 4.60. The predicted octanol–water partition coefficient (Wildman–Crippen LogP) is 4.94. The topological polar surface area (TPSA) is 96.9 Å². The Morgan fingerprint density at radius 3 is 2.32 bits per heavy atom. The van der Waals surface area contributed by atoms with Crippen LogP contribution in [0.15, 0.2) is 53.5 Å². The molecule has 0 atom stereocenters. The number of ketones is 1. The van der Waals surface area contributed by atoms with Crippen molar-refractivity contribution in [2.75, 3.05) is 24.0 Å². The molecule has 1 fully saturated rings. The van der Waals surface area contributed by atoms with Crippen molar-refractivity contribution < 1.29 is 19.1 Å². The van der Waals surface area contributed by atoms with E-state index in [-0.39, 0.29) is 22.8 Å². The average molecular weight is 440 g/mol. The highest BCUT2D eigenvalue weighted by molar-refractivity contribution is 8.13. The van der Waals surface area contributed by atoms with Crippen LogP contribution in [-0.2, 0) is 9.53 Å². The van der Waals surface area contributed by atoms with E-state index in [1.54, 1.807) is 48.7 Å². The van der Waals surface area contributed by atoms with Crippen LogP contribution < -0.4 is 10.6 Å². The van der Waals surface area contributed by atoms with E-state index in [9.17, 15) is 14.4 Å². The van der Waals surface area contributed by atoms with E-state index in [2.05, 4.69) is 20.4 Å². The molecule has 0 radical (unpaired) electrons. The van der Waals surface area contributed by atoms with E-state index in [0.717, 1.165) is 25.7 Å². The molecule has 2 aromatic carbocycles. The molecule has 162 valence electrons. The number of rotatable bonds is 5. The van der Waals surface area contributed by atoms with E-state index >= 15 is 0 Å². The van der Waals surface area contributed by atoms with Gasteiger partial charge in [-0.3, -0.25) is 9.59 Å². The summed E-state index contributed by atoms with van der Waals surface area (Å²) in [5.74, 6) is -0.201. The SMILES string of the molecule is COC(=O)N=C(Nc1cc(C(=O)c2ccccc2)ccc1NC(=O)C1CCCC1)SC. The normalized spacial score (nSPS) is 14.2. The largest absolute Gasteiger partial charge is 0.451 e. The van der Waals surface area contributed by atoms with Gasteiger partial charge in [0.25, 0.3) is 0 Å². The number of anilines is 2. The zero-order chi connectivity index (χ0) is 22.2. The van der Waals surface area contributed by atoms with Gasteiger partial charge in [0.15, 0.2) is 11.0 Å². The Kier molecular flexibility index (Phi) is 7.83. The highest BCUT2D eigenvalue weighted by atomic mass is 32.2. The molecule has 2 amide bonds. The number of amidine groups is 1. The van der Waals surface area contributed by atoms with E-state index in [0.29, 0.717) is 22.5 Å². The number of amides is 2. The number of hydrogen-bond acceptors (Lipinski definition) is 5. The highest BCUT2D eigenvalue weighted by Gasteiger charge is 2.24. The third-order valence-electron chi connectivity index (χ3n) is 5.10. The lowest BCUT2D eigenvalue weighted by Gasteiger charge is -2.17. The second-order valence-corrected chi connectivity index (χ2v) is 7.94. The molecule has 3 rings (SSSR count). The van der Waals surface area contributed by atoms with Crippen molar-refractivity contribution in [2.24, 2.45) is 10.9 Å². The first-order chi connectivity index (χ1) is 15.0. The van der Waals surface area contributed by atoms with Crippen LogP contribution in [0.1, 0.15) is 41.6 Å². The first-order valence-electron chi connectivity index (χ1n) is 10.0. The average Bonchev–Trinajstić information content (AvgIpc) is 3.34. The summed E-state index contributed by atoms with van der Waals surface area (Å²) in [6.07, 6.45) is 4.86. The maximum Gasteiger partial charge on any atom is 0.435 e. The number of thioether (sulfide) groups is 1. The molecule has 8 heteroatoms. The fourth-order valence-electron chi connectivity index (χ4n) is 3.45. The van der Waals surface area contributed by atoms with Gasteiger partial charge in [0.1, 0.15) is 0 Å². The fraction of sp³-hybridized carbons (Fsp3) is 0.304. The van der Waals surface area contributed by atoms with Crippen LogP contribution in [0, 0.1) is 5.92 Å². The van der Waals surface area contributed by atoms with Crippen molar-refractivity contribution in [1.82, 2.24) is 0 Å². The van der Waals surface area contributed by atoms with Crippen molar-refractivity contribution in [1.29, 1.82) is 0 Å². The quantitative estimate of drug-likeness (QED) is 0.389. The van der Waals surface area contributed by atoms with E-state index in [1.807, 2.05) is 6.07 Å². The highest BCUT2D eigenvalue weighted by Crippen LogP contribution is 2.30. The van der Waals surface area contributed by atoms with Gasteiger partial charge in [0, 0.05) is 17.0 Å². The van der Waals surface area contributed by atoms with Gasteiger partial charge in [-0.2, -0.15) is 4.99 Å². The van der Waals surface area contributed by atoms with Crippen molar-refractivity contribution in [3.63, 3.8) is 0 Å². The third-order valence-corrected chi connectivity index (χ3v) is 5.68. The monoisotopic (exact) mass is 439 g/mol. The van der Waals surface area contributed by atoms with E-state index < -0.39 is 6.09 Å². The van der Waals surface area contributed by atoms with Gasteiger partial charge in [-0.1, -0.05) is 54.9 Å². The Labute approximate surface area is 185 Å². The Morgan fingerprint density at radius 2 is 1.68 bits per heavy atom. The lowest BCUT2D eigenvalue weighted by atomic mass is 10.0. The summed E-state index contributed by atoms with van der Waals surface area (Å²) >= 11 is 1.21. The maximum atomic E-state index is 12.9. The van der Waals surface area contributed by atoms with Gasteiger partial charge < -0.3 is 15.4 Å². The summed E-state index contributed by atoms with van der Waals surface area (Å²) in [5.41, 5.74) is 2.01. The second-order valence-electron chi connectivity index (χ2n) is 7.14. The summed E-state index contributed by atoms with van der Waals surface area (Å²) in [7, 11) is 1.25. The zero-order valence-corrected chi connectivity index (χ0v) is 18.3. The van der Waals surface area contributed by atoms with Crippen molar-refractivity contribution >= 4 is 46.1 Å². The first-order valence-corrected chi connectivity index (χ1v) is 11.3. The van der Waals surface area contributed by atoms with Gasteiger partial charge in [0.05, 0.1) is 18.5 Å². The lowest BCUT2D eigenvalue weighted by Crippen LogP contribution is -2.22. The second kappa shape index (κ2) is 10.8. The van der Waals surface area contributed by atoms with Crippen LogP contribution in [0.5, 0.6) is 0 Å². The van der Waals surface area contributed by atoms with Crippen LogP contribution >= 0.6 is 11.8 Å². The number of nitrogens with zero attached hydrogens (tertiary/aromatic N) is 1. The minimum absolute atomic E-state index is 0.0118. The zero-order valence-electron chi connectivity index (χ0n) is 17.5. The van der Waals surface area contributed by atoms with Crippen LogP contribution in [0.25, 0.3) is 0 Å². The predicted molar refractivity (Wildman–Crippen MR) is 124 cm³/mol. The number of benzene rings is 2. The number of nitrogens with one attached hydrogen (secondary N) is 2. The first kappa shape index (κ1) is 22.6. The van der Waals surface area contributed by atoms with Gasteiger partial charge in [-0.05, 0) is 37.3 Å². The molecule has 2 N–H and O–H groups in total. The van der Waals surface area contributed by atoms with Crippen LogP contribution in [0.4, 0.5) is 16.2 Å². The number of hydrogen-bond donors (Lipinski definition) is 2. The molecule has 0 bridgehead atoms. The molecule has 2 aromatic rings. The Bertz CT molecular complexity index is 986. The van der Waals surface area contributed by atoms with Gasteiger partial charge in [0.2, 0.25) is 5.91 Å². The minimum Gasteiger partial charge on any atom is -0.451 e. The molecule has 31 heavy (non-hydrogen) atoms. The molecule has 7 nitrogen and oxygen atoms in total. The van der Waals surface area contributed by atoms with Crippen molar-refractivity contribution in [3.05, 3.63) is 59.7 Å². The van der Waals surface area contributed by atoms with Gasteiger partial charge >= 0.3 is 6.09 Å². The van der Waals surface area contributed by atoms with Crippen molar-refractivity contribution in [2.45, 2.75) is 25.7 Å². The van der Waals surface area contributed by atoms with E-state index in [1.165, 1.54) is 18.9 Å². The molecule has 1 aliphatic carbocycles. The van der Waals surface area contributed by atoms with Crippen LogP contribution in [0.3, 0.4) is 0 Å². The van der Waals surface area contributed by atoms with Gasteiger partial charge in [-0.15, -0.1) is 0 Å². The molecule has 0 heterocycles. The van der Waals surface area contributed by atoms with E-state index in [4.69, 9.17) is 0 Å². The molecule has 0 aromatic heterocycles. The molecule has 1 aliphatic rings. The molecular formula is C23H25N3O4S. The number of carbonyl (C=O) groups excluding carboxylic acids is 3. The van der Waals surface area contributed by atoms with Gasteiger partial charge in [-0.25, -0.2) is 4.79 Å². The van der Waals surface area contributed by atoms with Crippen LogP contribution in [-0.4, -0.2) is 36.3 Å². The smallest absolute Gasteiger partial charge is 0.435 e. The molecule has 0 spiro atoms. The molecule has 1 saturated carbocycles. The minimum atomic E-state index is -0.745. The molecular weight excluding hydrogens is 414 g/mol. The number of carbonyl (C=O) groups is 3.